The normalized spacial score (nSPS) is 28.3. The molecule has 0 N–H and O–H groups in total. The predicted octanol–water partition coefficient (Wildman–Crippen LogP) is 1.85. The Morgan fingerprint density at radius 1 is 1.50 bits per heavy atom. The van der Waals surface area contributed by atoms with Gasteiger partial charge in [0.15, 0.2) is 0 Å². The van der Waals surface area contributed by atoms with Crippen LogP contribution in [0.25, 0.3) is 0 Å². The molecule has 0 saturated carbocycles. The summed E-state index contributed by atoms with van der Waals surface area (Å²) in [7, 11) is 0. The third-order valence-corrected chi connectivity index (χ3v) is 2.80. The first-order valence-corrected chi connectivity index (χ1v) is 5.58. The van der Waals surface area contributed by atoms with E-state index in [0.29, 0.717) is 19.0 Å². The van der Waals surface area contributed by atoms with E-state index in [9.17, 15) is 13.2 Å². The van der Waals surface area contributed by atoms with Crippen LogP contribution in [0.3, 0.4) is 0 Å². The molecule has 2 atom stereocenters. The molecule has 1 saturated heterocycles. The zero-order valence-electron chi connectivity index (χ0n) is 8.97. The van der Waals surface area contributed by atoms with Crippen LogP contribution in [0.2, 0.25) is 0 Å². The molecule has 1 aliphatic heterocycles. The Morgan fingerprint density at radius 3 is 2.75 bits per heavy atom. The van der Waals surface area contributed by atoms with E-state index in [4.69, 9.17) is 16.3 Å². The SMILES string of the molecule is CC1COC(CCl)CN1CCOC(F)(F)F. The van der Waals surface area contributed by atoms with Crippen LogP contribution in [0.5, 0.6) is 0 Å². The summed E-state index contributed by atoms with van der Waals surface area (Å²) in [5.41, 5.74) is 0. The van der Waals surface area contributed by atoms with Crippen molar-refractivity contribution in [3.8, 4) is 0 Å². The summed E-state index contributed by atoms with van der Waals surface area (Å²) >= 11 is 5.64. The van der Waals surface area contributed by atoms with Crippen LogP contribution in [0.4, 0.5) is 13.2 Å². The van der Waals surface area contributed by atoms with Crippen molar-refractivity contribution in [3.63, 3.8) is 0 Å². The summed E-state index contributed by atoms with van der Waals surface area (Å²) in [6.07, 6.45) is -4.66. The molecule has 1 heterocycles. The summed E-state index contributed by atoms with van der Waals surface area (Å²) < 4.78 is 44.4. The highest BCUT2D eigenvalue weighted by Gasteiger charge is 2.30. The van der Waals surface area contributed by atoms with Crippen LogP contribution in [0.15, 0.2) is 0 Å². The van der Waals surface area contributed by atoms with E-state index in [2.05, 4.69) is 4.74 Å². The summed E-state index contributed by atoms with van der Waals surface area (Å²) in [5, 5.41) is 0. The second kappa shape index (κ2) is 6.05. The van der Waals surface area contributed by atoms with Gasteiger partial charge >= 0.3 is 6.36 Å². The van der Waals surface area contributed by atoms with Gasteiger partial charge in [-0.1, -0.05) is 0 Å². The van der Waals surface area contributed by atoms with E-state index >= 15 is 0 Å². The molecular weight excluding hydrogens is 247 g/mol. The molecule has 0 spiro atoms. The largest absolute Gasteiger partial charge is 0.522 e. The first-order chi connectivity index (χ1) is 7.42. The molecule has 2 unspecified atom stereocenters. The highest BCUT2D eigenvalue weighted by Crippen LogP contribution is 2.17. The van der Waals surface area contributed by atoms with E-state index in [-0.39, 0.29) is 25.3 Å². The molecule has 96 valence electrons. The zero-order chi connectivity index (χ0) is 12.2. The first-order valence-electron chi connectivity index (χ1n) is 5.04. The van der Waals surface area contributed by atoms with Crippen LogP contribution >= 0.6 is 11.6 Å². The van der Waals surface area contributed by atoms with Crippen LogP contribution in [0, 0.1) is 0 Å². The lowest BCUT2D eigenvalue weighted by Crippen LogP contribution is -2.50. The maximum atomic E-state index is 11.8. The third-order valence-electron chi connectivity index (χ3n) is 2.45. The summed E-state index contributed by atoms with van der Waals surface area (Å²) in [6, 6.07) is 0.0938. The molecule has 0 radical (unpaired) electrons. The number of nitrogens with zero attached hydrogens (tertiary/aromatic N) is 1. The Labute approximate surface area is 97.4 Å². The number of hydrogen-bond donors (Lipinski definition) is 0. The molecule has 0 aliphatic carbocycles. The highest BCUT2D eigenvalue weighted by atomic mass is 35.5. The van der Waals surface area contributed by atoms with Crippen LogP contribution in [-0.2, 0) is 9.47 Å². The number of rotatable bonds is 4. The monoisotopic (exact) mass is 261 g/mol. The highest BCUT2D eigenvalue weighted by molar-refractivity contribution is 6.18. The second-order valence-electron chi connectivity index (χ2n) is 3.75. The van der Waals surface area contributed by atoms with Gasteiger partial charge < -0.3 is 4.74 Å². The van der Waals surface area contributed by atoms with E-state index in [1.54, 1.807) is 0 Å². The van der Waals surface area contributed by atoms with Crippen molar-refractivity contribution in [1.29, 1.82) is 0 Å². The number of morpholine rings is 1. The average molecular weight is 262 g/mol. The fourth-order valence-electron chi connectivity index (χ4n) is 1.56. The van der Waals surface area contributed by atoms with Gasteiger partial charge in [-0.3, -0.25) is 9.64 Å². The standard InChI is InChI=1S/C9H15ClF3NO2/c1-7-6-15-8(4-10)5-14(7)2-3-16-9(11,12)13/h7-8H,2-6H2,1H3. The van der Waals surface area contributed by atoms with E-state index < -0.39 is 6.36 Å². The Morgan fingerprint density at radius 2 is 2.19 bits per heavy atom. The van der Waals surface area contributed by atoms with Gasteiger partial charge in [0.1, 0.15) is 0 Å². The van der Waals surface area contributed by atoms with Crippen molar-refractivity contribution in [1.82, 2.24) is 4.90 Å². The van der Waals surface area contributed by atoms with Crippen molar-refractivity contribution in [3.05, 3.63) is 0 Å². The molecule has 1 fully saturated rings. The lowest BCUT2D eigenvalue weighted by Gasteiger charge is -2.37. The number of ether oxygens (including phenoxy) is 2. The third kappa shape index (κ3) is 4.86. The fraction of sp³-hybridized carbons (Fsp3) is 1.00. The lowest BCUT2D eigenvalue weighted by atomic mass is 10.2. The van der Waals surface area contributed by atoms with Crippen LogP contribution < -0.4 is 0 Å². The molecule has 16 heavy (non-hydrogen) atoms. The molecule has 0 aromatic heterocycles. The van der Waals surface area contributed by atoms with E-state index in [0.717, 1.165) is 0 Å². The van der Waals surface area contributed by atoms with Gasteiger partial charge in [-0.2, -0.15) is 0 Å². The molecule has 3 nitrogen and oxygen atoms in total. The molecule has 1 aliphatic rings. The summed E-state index contributed by atoms with van der Waals surface area (Å²) in [4.78, 5) is 1.89. The fourth-order valence-corrected chi connectivity index (χ4v) is 1.75. The van der Waals surface area contributed by atoms with Crippen molar-refractivity contribution in [2.45, 2.75) is 25.4 Å². The minimum Gasteiger partial charge on any atom is -0.374 e. The minimum atomic E-state index is -4.55. The minimum absolute atomic E-state index is 0.0938. The molecule has 7 heteroatoms. The Hall–Kier alpha value is -0.0400. The van der Waals surface area contributed by atoms with Crippen LogP contribution in [0.1, 0.15) is 6.92 Å². The molecule has 1 rings (SSSR count). The van der Waals surface area contributed by atoms with Crippen molar-refractivity contribution >= 4 is 11.6 Å². The average Bonchev–Trinajstić information content (AvgIpc) is 2.19. The van der Waals surface area contributed by atoms with Gasteiger partial charge in [-0.25, -0.2) is 0 Å². The molecule has 0 bridgehead atoms. The number of halogens is 4. The number of hydrogen-bond acceptors (Lipinski definition) is 3. The molecule has 0 aromatic carbocycles. The van der Waals surface area contributed by atoms with E-state index in [1.165, 1.54) is 0 Å². The molecular formula is C9H15ClF3NO2. The Kier molecular flexibility index (Phi) is 5.30. The topological polar surface area (TPSA) is 21.7 Å². The van der Waals surface area contributed by atoms with Gasteiger partial charge in [0, 0.05) is 25.0 Å². The van der Waals surface area contributed by atoms with Crippen molar-refractivity contribution in [2.75, 3.05) is 32.2 Å². The smallest absolute Gasteiger partial charge is 0.374 e. The molecule has 0 aromatic rings. The predicted molar refractivity (Wildman–Crippen MR) is 53.5 cm³/mol. The zero-order valence-corrected chi connectivity index (χ0v) is 9.72. The second-order valence-corrected chi connectivity index (χ2v) is 4.06. The summed E-state index contributed by atoms with van der Waals surface area (Å²) in [6.45, 7) is 2.81. The summed E-state index contributed by atoms with van der Waals surface area (Å²) in [5.74, 6) is 0.351. The molecule has 0 amide bonds. The maximum absolute atomic E-state index is 11.8. The van der Waals surface area contributed by atoms with Gasteiger partial charge in [0.05, 0.1) is 19.3 Å². The van der Waals surface area contributed by atoms with Gasteiger partial charge in [-0.05, 0) is 6.92 Å². The Balaban J connectivity index is 2.28. The maximum Gasteiger partial charge on any atom is 0.522 e. The Bertz CT molecular complexity index is 215. The van der Waals surface area contributed by atoms with Crippen LogP contribution in [-0.4, -0.2) is 55.6 Å². The van der Waals surface area contributed by atoms with Gasteiger partial charge in [-0.15, -0.1) is 24.8 Å². The number of alkyl halides is 4. The van der Waals surface area contributed by atoms with Gasteiger partial charge in [0.2, 0.25) is 0 Å². The first kappa shape index (κ1) is 14.0. The van der Waals surface area contributed by atoms with Crippen molar-refractivity contribution < 1.29 is 22.6 Å². The van der Waals surface area contributed by atoms with E-state index in [1.807, 2.05) is 11.8 Å². The lowest BCUT2D eigenvalue weighted by molar-refractivity contribution is -0.325. The van der Waals surface area contributed by atoms with Gasteiger partial charge in [0.25, 0.3) is 0 Å². The quantitative estimate of drug-likeness (QED) is 0.721. The van der Waals surface area contributed by atoms with Crippen molar-refractivity contribution in [2.24, 2.45) is 0 Å².